The summed E-state index contributed by atoms with van der Waals surface area (Å²) >= 11 is 7.36. The average Bonchev–Trinajstić information content (AvgIpc) is 3.07. The van der Waals surface area contributed by atoms with Crippen molar-refractivity contribution in [2.45, 2.75) is 13.8 Å². The molecule has 4 nitrogen and oxygen atoms in total. The number of hydrogen-bond acceptors (Lipinski definition) is 4. The number of carbonyl (C=O) groups is 1. The topological polar surface area (TPSA) is 36.4 Å². The van der Waals surface area contributed by atoms with Crippen molar-refractivity contribution in [3.63, 3.8) is 0 Å². The number of hydrogen-bond donors (Lipinski definition) is 0. The molecule has 1 amide bonds. The van der Waals surface area contributed by atoms with Gasteiger partial charge in [-0.05, 0) is 43.4 Å². The molecule has 0 radical (unpaired) electrons. The van der Waals surface area contributed by atoms with Crippen molar-refractivity contribution >= 4 is 44.2 Å². The van der Waals surface area contributed by atoms with Crippen LogP contribution < -0.4 is 4.90 Å². The quantitative estimate of drug-likeness (QED) is 0.523. The zero-order valence-electron chi connectivity index (χ0n) is 15.6. The Hall–Kier alpha value is -2.09. The van der Waals surface area contributed by atoms with Gasteiger partial charge in [0, 0.05) is 24.2 Å². The van der Waals surface area contributed by atoms with Gasteiger partial charge >= 0.3 is 0 Å². The number of thiazole rings is 1. The Balaban J connectivity index is 1.98. The van der Waals surface area contributed by atoms with Gasteiger partial charge in [0.15, 0.2) is 5.13 Å². The number of likely N-dealkylation sites (N-methyl/N-ethyl adjacent to an activating group) is 1. The molecule has 0 spiro atoms. The lowest BCUT2D eigenvalue weighted by Crippen LogP contribution is -2.39. The normalized spacial score (nSPS) is 11.4. The molecule has 1 heterocycles. The van der Waals surface area contributed by atoms with Gasteiger partial charge in [-0.15, -0.1) is 0 Å². The number of rotatable bonds is 7. The molecule has 0 N–H and O–H groups in total. The number of benzene rings is 2. The highest BCUT2D eigenvalue weighted by molar-refractivity contribution is 7.22. The molecular formula is C20H20ClF2N3OS. The van der Waals surface area contributed by atoms with Crippen molar-refractivity contribution in [3.8, 4) is 0 Å². The Morgan fingerprint density at radius 1 is 1.11 bits per heavy atom. The van der Waals surface area contributed by atoms with E-state index >= 15 is 0 Å². The number of aromatic nitrogens is 1. The minimum atomic E-state index is -0.887. The summed E-state index contributed by atoms with van der Waals surface area (Å²) in [5, 5.41) is 1.03. The molecule has 0 atom stereocenters. The van der Waals surface area contributed by atoms with Gasteiger partial charge in [0.2, 0.25) is 0 Å². The van der Waals surface area contributed by atoms with E-state index in [2.05, 4.69) is 9.88 Å². The van der Waals surface area contributed by atoms with Crippen LogP contribution in [0.4, 0.5) is 13.9 Å². The third-order valence-electron chi connectivity index (χ3n) is 4.51. The van der Waals surface area contributed by atoms with Gasteiger partial charge in [-0.3, -0.25) is 9.69 Å². The lowest BCUT2D eigenvalue weighted by atomic mass is 10.2. The molecule has 1 aromatic heterocycles. The van der Waals surface area contributed by atoms with Crippen LogP contribution in [0.1, 0.15) is 24.2 Å². The van der Waals surface area contributed by atoms with Gasteiger partial charge in [-0.2, -0.15) is 0 Å². The summed E-state index contributed by atoms with van der Waals surface area (Å²) in [6, 6.07) is 8.26. The maximum atomic E-state index is 14.2. The maximum Gasteiger partial charge on any atom is 0.263 e. The van der Waals surface area contributed by atoms with Crippen molar-refractivity contribution in [2.75, 3.05) is 31.1 Å². The molecule has 3 aromatic rings. The van der Waals surface area contributed by atoms with E-state index in [0.29, 0.717) is 34.8 Å². The van der Waals surface area contributed by atoms with Crippen molar-refractivity contribution in [2.24, 2.45) is 0 Å². The van der Waals surface area contributed by atoms with Crippen LogP contribution in [-0.2, 0) is 0 Å². The van der Waals surface area contributed by atoms with Crippen molar-refractivity contribution in [1.29, 1.82) is 0 Å². The summed E-state index contributed by atoms with van der Waals surface area (Å²) in [4.78, 5) is 21.2. The molecule has 28 heavy (non-hydrogen) atoms. The number of carbonyl (C=O) groups excluding carboxylic acids is 1. The number of anilines is 1. The second kappa shape index (κ2) is 8.94. The molecule has 2 aromatic carbocycles. The first-order valence-corrected chi connectivity index (χ1v) is 10.2. The summed E-state index contributed by atoms with van der Waals surface area (Å²) in [6.07, 6.45) is 0. The summed E-state index contributed by atoms with van der Waals surface area (Å²) in [5.74, 6) is -2.16. The van der Waals surface area contributed by atoms with Gasteiger partial charge < -0.3 is 4.90 Å². The van der Waals surface area contributed by atoms with Crippen LogP contribution in [0.3, 0.4) is 0 Å². The lowest BCUT2D eigenvalue weighted by molar-refractivity contribution is 0.0980. The van der Waals surface area contributed by atoms with E-state index in [-0.39, 0.29) is 5.56 Å². The first kappa shape index (κ1) is 20.6. The van der Waals surface area contributed by atoms with E-state index < -0.39 is 17.5 Å². The fraction of sp³-hybridized carbons (Fsp3) is 0.300. The van der Waals surface area contributed by atoms with Gasteiger partial charge in [-0.25, -0.2) is 13.8 Å². The SMILES string of the molecule is CCN(CC)CCN(C(=O)c1ccc(F)cc1F)c1nc2ccc(Cl)cc2s1. The average molecular weight is 424 g/mol. The van der Waals surface area contributed by atoms with Crippen molar-refractivity contribution in [1.82, 2.24) is 9.88 Å². The molecule has 0 fully saturated rings. The van der Waals surface area contributed by atoms with Crippen molar-refractivity contribution in [3.05, 3.63) is 58.6 Å². The molecule has 8 heteroatoms. The molecule has 0 aliphatic carbocycles. The zero-order chi connectivity index (χ0) is 20.3. The van der Waals surface area contributed by atoms with Crippen LogP contribution in [0, 0.1) is 11.6 Å². The molecule has 0 bridgehead atoms. The van der Waals surface area contributed by atoms with Crippen LogP contribution in [0.25, 0.3) is 10.2 Å². The summed E-state index contributed by atoms with van der Waals surface area (Å²) in [6.45, 7) is 6.69. The minimum absolute atomic E-state index is 0.182. The number of nitrogens with zero attached hydrogens (tertiary/aromatic N) is 3. The first-order valence-electron chi connectivity index (χ1n) is 8.98. The van der Waals surface area contributed by atoms with Crippen LogP contribution >= 0.6 is 22.9 Å². The number of amides is 1. The smallest absolute Gasteiger partial charge is 0.263 e. The molecule has 0 saturated heterocycles. The Kier molecular flexibility index (Phi) is 6.59. The second-order valence-corrected chi connectivity index (χ2v) is 7.66. The van der Waals surface area contributed by atoms with E-state index in [4.69, 9.17) is 11.6 Å². The van der Waals surface area contributed by atoms with Gasteiger partial charge in [0.05, 0.1) is 15.8 Å². The van der Waals surface area contributed by atoms with Gasteiger partial charge in [0.25, 0.3) is 5.91 Å². The monoisotopic (exact) mass is 423 g/mol. The van der Waals surface area contributed by atoms with Gasteiger partial charge in [0.1, 0.15) is 11.6 Å². The largest absolute Gasteiger partial charge is 0.302 e. The highest BCUT2D eigenvalue weighted by Crippen LogP contribution is 2.31. The maximum absolute atomic E-state index is 14.2. The number of fused-ring (bicyclic) bond motifs is 1. The fourth-order valence-corrected chi connectivity index (χ4v) is 4.14. The Labute approximate surface area is 171 Å². The highest BCUT2D eigenvalue weighted by Gasteiger charge is 2.24. The van der Waals surface area contributed by atoms with Crippen LogP contribution in [0.2, 0.25) is 5.02 Å². The number of halogens is 3. The molecule has 148 valence electrons. The van der Waals surface area contributed by atoms with Gasteiger partial charge in [-0.1, -0.05) is 36.8 Å². The predicted octanol–water partition coefficient (Wildman–Crippen LogP) is 5.22. The molecule has 0 aliphatic rings. The standard InChI is InChI=1S/C20H20ClF2N3OS/c1-3-25(4-2)9-10-26(19(27)15-7-6-14(22)12-16(15)23)20-24-17-8-5-13(21)11-18(17)28-20/h5-8,11-12H,3-4,9-10H2,1-2H3. The molecule has 0 unspecified atom stereocenters. The van der Waals surface area contributed by atoms with Crippen LogP contribution in [0.5, 0.6) is 0 Å². The lowest BCUT2D eigenvalue weighted by Gasteiger charge is -2.24. The van der Waals surface area contributed by atoms with E-state index in [9.17, 15) is 13.6 Å². The Morgan fingerprint density at radius 2 is 1.86 bits per heavy atom. The van der Waals surface area contributed by atoms with E-state index in [1.807, 2.05) is 13.8 Å². The fourth-order valence-electron chi connectivity index (χ4n) is 2.88. The zero-order valence-corrected chi connectivity index (χ0v) is 17.2. The van der Waals surface area contributed by atoms with E-state index in [1.54, 1.807) is 18.2 Å². The Bertz CT molecular complexity index is 991. The highest BCUT2D eigenvalue weighted by atomic mass is 35.5. The molecule has 3 rings (SSSR count). The summed E-state index contributed by atoms with van der Waals surface area (Å²) in [5.41, 5.74) is 0.530. The van der Waals surface area contributed by atoms with Crippen LogP contribution in [0.15, 0.2) is 36.4 Å². The minimum Gasteiger partial charge on any atom is -0.302 e. The third kappa shape index (κ3) is 4.48. The summed E-state index contributed by atoms with van der Waals surface area (Å²) < 4.78 is 28.3. The van der Waals surface area contributed by atoms with Crippen molar-refractivity contribution < 1.29 is 13.6 Å². The second-order valence-electron chi connectivity index (χ2n) is 6.22. The molecule has 0 aliphatic heterocycles. The van der Waals surface area contributed by atoms with E-state index in [0.717, 1.165) is 23.9 Å². The first-order chi connectivity index (χ1) is 13.4. The predicted molar refractivity (Wildman–Crippen MR) is 110 cm³/mol. The molecular weight excluding hydrogens is 404 g/mol. The molecule has 0 saturated carbocycles. The third-order valence-corrected chi connectivity index (χ3v) is 5.79. The van der Waals surface area contributed by atoms with E-state index in [1.165, 1.54) is 22.3 Å². The Morgan fingerprint density at radius 3 is 2.54 bits per heavy atom. The summed E-state index contributed by atoms with van der Waals surface area (Å²) in [7, 11) is 0. The van der Waals surface area contributed by atoms with Crippen LogP contribution in [-0.4, -0.2) is 42.0 Å².